The second kappa shape index (κ2) is 6.31. The third-order valence-electron chi connectivity index (χ3n) is 5.06. The van der Waals surface area contributed by atoms with Crippen LogP contribution in [0.3, 0.4) is 0 Å². The van der Waals surface area contributed by atoms with E-state index in [1.165, 1.54) is 0 Å². The van der Waals surface area contributed by atoms with Crippen LogP contribution in [0.5, 0.6) is 0 Å². The molecule has 0 radical (unpaired) electrons. The highest BCUT2D eigenvalue weighted by atomic mass is 16.2. The van der Waals surface area contributed by atoms with Gasteiger partial charge < -0.3 is 14.4 Å². The van der Waals surface area contributed by atoms with E-state index in [2.05, 4.69) is 16.8 Å². The maximum Gasteiger partial charge on any atom is 0.228 e. The molecule has 2 amide bonds. The minimum absolute atomic E-state index is 0.0659. The lowest BCUT2D eigenvalue weighted by atomic mass is 10.0. The molecule has 0 saturated carbocycles. The zero-order valence-corrected chi connectivity index (χ0v) is 14.1. The van der Waals surface area contributed by atoms with Crippen LogP contribution in [-0.2, 0) is 16.6 Å². The number of nitrogens with zero attached hydrogens (tertiary/aromatic N) is 5. The summed E-state index contributed by atoms with van der Waals surface area (Å²) in [5.74, 6) is 0.973. The lowest BCUT2D eigenvalue weighted by Crippen LogP contribution is -2.52. The van der Waals surface area contributed by atoms with Crippen molar-refractivity contribution in [2.24, 2.45) is 13.0 Å². The van der Waals surface area contributed by atoms with E-state index >= 15 is 0 Å². The topological polar surface area (TPSA) is 61.7 Å². The average molecular weight is 319 g/mol. The molecule has 0 bridgehead atoms. The quantitative estimate of drug-likeness (QED) is 0.793. The normalized spacial score (nSPS) is 26.1. The van der Waals surface area contributed by atoms with E-state index in [4.69, 9.17) is 0 Å². The monoisotopic (exact) mass is 319 g/mol. The minimum atomic E-state index is -0.192. The minimum Gasteiger partial charge on any atom is -0.345 e. The summed E-state index contributed by atoms with van der Waals surface area (Å²) < 4.78 is 2.02. The molecular weight excluding hydrogens is 294 g/mol. The van der Waals surface area contributed by atoms with Crippen LogP contribution in [0.15, 0.2) is 12.4 Å². The number of hydrogen-bond acceptors (Lipinski definition) is 4. The molecule has 2 aliphatic rings. The number of aryl methyl sites for hydroxylation is 1. The molecule has 0 aliphatic carbocycles. The van der Waals surface area contributed by atoms with E-state index in [1.807, 2.05) is 22.7 Å². The van der Waals surface area contributed by atoms with Gasteiger partial charge in [0, 0.05) is 59.1 Å². The molecule has 2 fully saturated rings. The van der Waals surface area contributed by atoms with Crippen LogP contribution < -0.4 is 0 Å². The zero-order chi connectivity index (χ0) is 16.6. The molecule has 1 aromatic heterocycles. The Hall–Kier alpha value is -1.89. The average Bonchev–Trinajstić information content (AvgIpc) is 3.12. The summed E-state index contributed by atoms with van der Waals surface area (Å²) in [6, 6.07) is 0.118. The Kier molecular flexibility index (Phi) is 4.39. The summed E-state index contributed by atoms with van der Waals surface area (Å²) >= 11 is 0. The van der Waals surface area contributed by atoms with Crippen molar-refractivity contribution in [3.63, 3.8) is 0 Å². The first-order valence-corrected chi connectivity index (χ1v) is 8.25. The van der Waals surface area contributed by atoms with Crippen LogP contribution in [0, 0.1) is 5.92 Å². The number of piperazine rings is 1. The van der Waals surface area contributed by atoms with Gasteiger partial charge in [-0.15, -0.1) is 0 Å². The molecule has 1 aromatic rings. The van der Waals surface area contributed by atoms with Gasteiger partial charge in [0.2, 0.25) is 11.8 Å². The Labute approximate surface area is 136 Å². The van der Waals surface area contributed by atoms with Gasteiger partial charge >= 0.3 is 0 Å². The summed E-state index contributed by atoms with van der Waals surface area (Å²) in [6.45, 7) is 5.82. The number of carbonyl (C=O) groups is 2. The summed E-state index contributed by atoms with van der Waals surface area (Å²) in [5.41, 5.74) is 0. The first kappa shape index (κ1) is 16.0. The SMILES string of the molecule is CCN1CCN(C(=O)[C@H]2CC(=O)N(C)C2)C[C@@H]1c1nccn1C. The first-order valence-electron chi connectivity index (χ1n) is 8.25. The van der Waals surface area contributed by atoms with Gasteiger partial charge in [-0.1, -0.05) is 6.92 Å². The van der Waals surface area contributed by atoms with Crippen molar-refractivity contribution >= 4 is 11.8 Å². The maximum absolute atomic E-state index is 12.8. The van der Waals surface area contributed by atoms with Crippen molar-refractivity contribution in [1.82, 2.24) is 24.3 Å². The fraction of sp³-hybridized carbons (Fsp3) is 0.688. The lowest BCUT2D eigenvalue weighted by Gasteiger charge is -2.41. The highest BCUT2D eigenvalue weighted by molar-refractivity contribution is 5.89. The van der Waals surface area contributed by atoms with Crippen molar-refractivity contribution in [2.45, 2.75) is 19.4 Å². The van der Waals surface area contributed by atoms with Gasteiger partial charge in [-0.05, 0) is 6.54 Å². The summed E-state index contributed by atoms with van der Waals surface area (Å²) in [6.07, 6.45) is 4.08. The number of aromatic nitrogens is 2. The van der Waals surface area contributed by atoms with E-state index in [9.17, 15) is 9.59 Å². The Balaban J connectivity index is 1.74. The number of hydrogen-bond donors (Lipinski definition) is 0. The smallest absolute Gasteiger partial charge is 0.228 e. The van der Waals surface area contributed by atoms with E-state index in [-0.39, 0.29) is 23.8 Å². The predicted molar refractivity (Wildman–Crippen MR) is 85.5 cm³/mol. The van der Waals surface area contributed by atoms with Crippen molar-refractivity contribution in [3.8, 4) is 0 Å². The zero-order valence-electron chi connectivity index (χ0n) is 14.1. The van der Waals surface area contributed by atoms with Crippen molar-refractivity contribution in [3.05, 3.63) is 18.2 Å². The highest BCUT2D eigenvalue weighted by Gasteiger charge is 2.38. The largest absolute Gasteiger partial charge is 0.345 e. The molecule has 0 aromatic carbocycles. The molecule has 2 saturated heterocycles. The Morgan fingerprint density at radius 1 is 1.30 bits per heavy atom. The van der Waals surface area contributed by atoms with Gasteiger partial charge in [0.1, 0.15) is 5.82 Å². The molecule has 2 atom stereocenters. The molecule has 3 heterocycles. The van der Waals surface area contributed by atoms with E-state index < -0.39 is 0 Å². The molecular formula is C16H25N5O2. The van der Waals surface area contributed by atoms with Gasteiger partial charge in [-0.2, -0.15) is 0 Å². The van der Waals surface area contributed by atoms with E-state index in [0.717, 1.165) is 25.5 Å². The fourth-order valence-corrected chi connectivity index (χ4v) is 3.63. The third kappa shape index (κ3) is 2.97. The summed E-state index contributed by atoms with van der Waals surface area (Å²) in [4.78, 5) is 34.9. The van der Waals surface area contributed by atoms with Gasteiger partial charge in [0.05, 0.1) is 12.0 Å². The molecule has 2 aliphatic heterocycles. The van der Waals surface area contributed by atoms with Crippen molar-refractivity contribution < 1.29 is 9.59 Å². The fourth-order valence-electron chi connectivity index (χ4n) is 3.63. The second-order valence-corrected chi connectivity index (χ2v) is 6.50. The number of rotatable bonds is 3. The molecule has 0 unspecified atom stereocenters. The second-order valence-electron chi connectivity index (χ2n) is 6.50. The summed E-state index contributed by atoms with van der Waals surface area (Å²) in [7, 11) is 3.75. The number of amides is 2. The Bertz CT molecular complexity index is 599. The van der Waals surface area contributed by atoms with Crippen molar-refractivity contribution in [1.29, 1.82) is 0 Å². The van der Waals surface area contributed by atoms with Crippen LogP contribution in [0.1, 0.15) is 25.2 Å². The molecule has 3 rings (SSSR count). The molecule has 23 heavy (non-hydrogen) atoms. The van der Waals surface area contributed by atoms with E-state index in [0.29, 0.717) is 19.5 Å². The maximum atomic E-state index is 12.8. The molecule has 126 valence electrons. The molecule has 0 N–H and O–H groups in total. The van der Waals surface area contributed by atoms with Crippen LogP contribution in [0.4, 0.5) is 0 Å². The van der Waals surface area contributed by atoms with E-state index in [1.54, 1.807) is 18.1 Å². The van der Waals surface area contributed by atoms with Gasteiger partial charge in [0.25, 0.3) is 0 Å². The standard InChI is InChI=1S/C16H25N5O2/c1-4-20-7-8-21(11-13(20)15-17-5-6-18(15)2)16(23)12-9-14(22)19(3)10-12/h5-6,12-13H,4,7-11H2,1-3H3/t12-,13+/m0/s1. The first-order chi connectivity index (χ1) is 11.0. The summed E-state index contributed by atoms with van der Waals surface area (Å²) in [5, 5.41) is 0. The van der Waals surface area contributed by atoms with Gasteiger partial charge in [-0.25, -0.2) is 4.98 Å². The third-order valence-corrected chi connectivity index (χ3v) is 5.06. The van der Waals surface area contributed by atoms with Gasteiger partial charge in [0.15, 0.2) is 0 Å². The number of likely N-dealkylation sites (tertiary alicyclic amines) is 1. The number of carbonyl (C=O) groups excluding carboxylic acids is 2. The Morgan fingerprint density at radius 3 is 2.65 bits per heavy atom. The van der Waals surface area contributed by atoms with Crippen LogP contribution in [0.2, 0.25) is 0 Å². The molecule has 7 nitrogen and oxygen atoms in total. The highest BCUT2D eigenvalue weighted by Crippen LogP contribution is 2.26. The Morgan fingerprint density at radius 2 is 2.09 bits per heavy atom. The predicted octanol–water partition coefficient (Wildman–Crippen LogP) is 0.104. The molecule has 0 spiro atoms. The lowest BCUT2D eigenvalue weighted by molar-refractivity contribution is -0.139. The molecule has 7 heteroatoms. The van der Waals surface area contributed by atoms with Crippen LogP contribution >= 0.6 is 0 Å². The van der Waals surface area contributed by atoms with Crippen LogP contribution in [0.25, 0.3) is 0 Å². The van der Waals surface area contributed by atoms with Crippen LogP contribution in [-0.4, -0.2) is 75.8 Å². The van der Waals surface area contributed by atoms with Crippen molar-refractivity contribution in [2.75, 3.05) is 39.8 Å². The number of likely N-dealkylation sites (N-methyl/N-ethyl adjacent to an activating group) is 1. The number of imidazole rings is 1. The van der Waals surface area contributed by atoms with Gasteiger partial charge in [-0.3, -0.25) is 14.5 Å².